The van der Waals surface area contributed by atoms with Gasteiger partial charge in [0.1, 0.15) is 5.75 Å². The first kappa shape index (κ1) is 19.9. The molecule has 1 fully saturated rings. The van der Waals surface area contributed by atoms with E-state index in [-0.39, 0.29) is 11.8 Å². The highest BCUT2D eigenvalue weighted by Gasteiger charge is 2.32. The second-order valence-electron chi connectivity index (χ2n) is 7.64. The molecule has 0 aliphatic carbocycles. The fourth-order valence-electron chi connectivity index (χ4n) is 3.92. The van der Waals surface area contributed by atoms with Gasteiger partial charge < -0.3 is 19.9 Å². The topological polar surface area (TPSA) is 61.9 Å². The molecule has 154 valence electrons. The predicted molar refractivity (Wildman–Crippen MR) is 116 cm³/mol. The van der Waals surface area contributed by atoms with Gasteiger partial charge in [-0.05, 0) is 62.5 Å². The number of hydrogen-bond donors (Lipinski definition) is 1. The lowest BCUT2D eigenvalue weighted by Gasteiger charge is -2.35. The third kappa shape index (κ3) is 4.79. The van der Waals surface area contributed by atoms with E-state index in [0.29, 0.717) is 24.4 Å². The van der Waals surface area contributed by atoms with Crippen LogP contribution >= 0.6 is 11.3 Å². The van der Waals surface area contributed by atoms with Crippen molar-refractivity contribution < 1.29 is 14.3 Å². The van der Waals surface area contributed by atoms with E-state index in [9.17, 15) is 9.59 Å². The number of carbonyl (C=O) groups excluding carboxylic acids is 2. The van der Waals surface area contributed by atoms with Gasteiger partial charge in [-0.15, -0.1) is 11.3 Å². The highest BCUT2D eigenvalue weighted by Crippen LogP contribution is 2.36. The maximum absolute atomic E-state index is 12.8. The Hall–Kier alpha value is -2.38. The fraction of sp³-hybridized carbons (Fsp3) is 0.455. The Balaban J connectivity index is 1.48. The standard InChI is InChI=1S/C22H27N3O3S/c1-16-22(27)25(12-11-24-9-3-2-4-10-24)19-14-17(7-8-20(19)28-16)23-21(26)15-18-6-5-13-29-18/h5-8,13-14,16H,2-4,9-12,15H2,1H3,(H,23,26). The number of likely N-dealkylation sites (tertiary alicyclic amines) is 1. The zero-order chi connectivity index (χ0) is 20.2. The first-order valence-corrected chi connectivity index (χ1v) is 11.1. The van der Waals surface area contributed by atoms with E-state index in [1.807, 2.05) is 40.6 Å². The van der Waals surface area contributed by atoms with Crippen LogP contribution in [-0.2, 0) is 16.0 Å². The number of ether oxygens (including phenoxy) is 1. The molecule has 29 heavy (non-hydrogen) atoms. The molecule has 0 saturated carbocycles. The van der Waals surface area contributed by atoms with Gasteiger partial charge >= 0.3 is 0 Å². The molecule has 0 bridgehead atoms. The number of rotatable bonds is 6. The molecule has 2 aliphatic rings. The quantitative estimate of drug-likeness (QED) is 0.787. The van der Waals surface area contributed by atoms with Crippen LogP contribution in [0, 0.1) is 0 Å². The van der Waals surface area contributed by atoms with Crippen LogP contribution in [0.2, 0.25) is 0 Å². The minimum absolute atomic E-state index is 0.0310. The number of piperidine rings is 1. The van der Waals surface area contributed by atoms with Gasteiger partial charge in [-0.3, -0.25) is 9.59 Å². The Labute approximate surface area is 175 Å². The van der Waals surface area contributed by atoms with Crippen LogP contribution in [0.1, 0.15) is 31.1 Å². The van der Waals surface area contributed by atoms with Crippen molar-refractivity contribution in [3.63, 3.8) is 0 Å². The van der Waals surface area contributed by atoms with Gasteiger partial charge in [0, 0.05) is 23.7 Å². The lowest BCUT2D eigenvalue weighted by atomic mass is 10.1. The number of hydrogen-bond acceptors (Lipinski definition) is 5. The highest BCUT2D eigenvalue weighted by atomic mass is 32.1. The first-order valence-electron chi connectivity index (χ1n) is 10.3. The van der Waals surface area contributed by atoms with E-state index in [0.717, 1.165) is 30.2 Å². The van der Waals surface area contributed by atoms with E-state index in [4.69, 9.17) is 4.74 Å². The average Bonchev–Trinajstić information content (AvgIpc) is 3.22. The molecule has 2 aromatic rings. The average molecular weight is 414 g/mol. The Bertz CT molecular complexity index is 862. The van der Waals surface area contributed by atoms with Crippen molar-refractivity contribution in [2.75, 3.05) is 36.4 Å². The minimum atomic E-state index is -0.497. The summed E-state index contributed by atoms with van der Waals surface area (Å²) in [5.41, 5.74) is 1.42. The number of fused-ring (bicyclic) bond motifs is 1. The molecule has 1 unspecified atom stereocenters. The predicted octanol–water partition coefficient (Wildman–Crippen LogP) is 3.53. The number of nitrogens with zero attached hydrogens (tertiary/aromatic N) is 2. The van der Waals surface area contributed by atoms with E-state index >= 15 is 0 Å². The molecular formula is C22H27N3O3S. The van der Waals surface area contributed by atoms with Gasteiger partial charge in [-0.25, -0.2) is 0 Å². The summed E-state index contributed by atoms with van der Waals surface area (Å²) < 4.78 is 5.80. The summed E-state index contributed by atoms with van der Waals surface area (Å²) in [6.07, 6.45) is 3.60. The Morgan fingerprint density at radius 1 is 1.21 bits per heavy atom. The molecule has 1 aromatic heterocycles. The first-order chi connectivity index (χ1) is 14.1. The van der Waals surface area contributed by atoms with Crippen molar-refractivity contribution in [3.8, 4) is 5.75 Å². The summed E-state index contributed by atoms with van der Waals surface area (Å²) in [5.74, 6) is 0.590. The Kier molecular flexibility index (Phi) is 6.16. The third-order valence-corrected chi connectivity index (χ3v) is 6.33. The molecule has 3 heterocycles. The molecule has 2 amide bonds. The van der Waals surface area contributed by atoms with Crippen LogP contribution in [0.15, 0.2) is 35.7 Å². The van der Waals surface area contributed by atoms with Crippen LogP contribution in [-0.4, -0.2) is 49.0 Å². The normalized spacial score (nSPS) is 19.6. The maximum atomic E-state index is 12.8. The molecule has 7 heteroatoms. The zero-order valence-electron chi connectivity index (χ0n) is 16.7. The number of carbonyl (C=O) groups is 2. The lowest BCUT2D eigenvalue weighted by molar-refractivity contribution is -0.125. The van der Waals surface area contributed by atoms with Crippen molar-refractivity contribution in [2.45, 2.75) is 38.7 Å². The van der Waals surface area contributed by atoms with Crippen molar-refractivity contribution >= 4 is 34.5 Å². The lowest BCUT2D eigenvalue weighted by Crippen LogP contribution is -2.48. The van der Waals surface area contributed by atoms with Gasteiger partial charge in [0.15, 0.2) is 6.10 Å². The fourth-order valence-corrected chi connectivity index (χ4v) is 4.62. The van der Waals surface area contributed by atoms with Crippen LogP contribution in [0.4, 0.5) is 11.4 Å². The number of nitrogens with one attached hydrogen (secondary N) is 1. The van der Waals surface area contributed by atoms with Gasteiger partial charge in [0.2, 0.25) is 5.91 Å². The molecule has 1 aromatic carbocycles. The third-order valence-electron chi connectivity index (χ3n) is 5.45. The van der Waals surface area contributed by atoms with Crippen LogP contribution in [0.25, 0.3) is 0 Å². The van der Waals surface area contributed by atoms with Crippen LogP contribution in [0.3, 0.4) is 0 Å². The molecule has 1 atom stereocenters. The summed E-state index contributed by atoms with van der Waals surface area (Å²) in [4.78, 5) is 30.4. The summed E-state index contributed by atoms with van der Waals surface area (Å²) in [7, 11) is 0. The smallest absolute Gasteiger partial charge is 0.267 e. The highest BCUT2D eigenvalue weighted by molar-refractivity contribution is 7.10. The summed E-state index contributed by atoms with van der Waals surface area (Å²) in [6, 6.07) is 9.41. The Morgan fingerprint density at radius 2 is 2.03 bits per heavy atom. The number of benzene rings is 1. The zero-order valence-corrected chi connectivity index (χ0v) is 17.5. The van der Waals surface area contributed by atoms with Crippen molar-refractivity contribution in [3.05, 3.63) is 40.6 Å². The minimum Gasteiger partial charge on any atom is -0.479 e. The molecule has 1 saturated heterocycles. The van der Waals surface area contributed by atoms with E-state index < -0.39 is 6.10 Å². The largest absolute Gasteiger partial charge is 0.479 e. The number of thiophene rings is 1. The van der Waals surface area contributed by atoms with E-state index in [2.05, 4.69) is 10.2 Å². The van der Waals surface area contributed by atoms with Gasteiger partial charge in [-0.1, -0.05) is 12.5 Å². The maximum Gasteiger partial charge on any atom is 0.267 e. The molecule has 4 rings (SSSR count). The van der Waals surface area contributed by atoms with Gasteiger partial charge in [0.25, 0.3) is 5.91 Å². The summed E-state index contributed by atoms with van der Waals surface area (Å²) >= 11 is 1.57. The molecule has 2 aliphatic heterocycles. The number of anilines is 2. The van der Waals surface area contributed by atoms with Crippen LogP contribution < -0.4 is 15.0 Å². The second-order valence-corrected chi connectivity index (χ2v) is 8.67. The molecule has 0 radical (unpaired) electrons. The van der Waals surface area contributed by atoms with Crippen LogP contribution in [0.5, 0.6) is 5.75 Å². The van der Waals surface area contributed by atoms with Crippen molar-refractivity contribution in [1.82, 2.24) is 4.90 Å². The van der Waals surface area contributed by atoms with Gasteiger partial charge in [0.05, 0.1) is 12.1 Å². The van der Waals surface area contributed by atoms with Crippen molar-refractivity contribution in [2.24, 2.45) is 0 Å². The molecule has 1 N–H and O–H groups in total. The summed E-state index contributed by atoms with van der Waals surface area (Å²) in [5, 5.41) is 4.91. The molecule has 6 nitrogen and oxygen atoms in total. The van der Waals surface area contributed by atoms with Gasteiger partial charge in [-0.2, -0.15) is 0 Å². The van der Waals surface area contributed by atoms with E-state index in [1.165, 1.54) is 19.3 Å². The molecule has 0 spiro atoms. The second kappa shape index (κ2) is 8.97. The monoisotopic (exact) mass is 413 g/mol. The Morgan fingerprint density at radius 3 is 2.79 bits per heavy atom. The summed E-state index contributed by atoms with van der Waals surface area (Å²) in [6.45, 7) is 5.47. The van der Waals surface area contributed by atoms with Crippen molar-refractivity contribution in [1.29, 1.82) is 0 Å². The number of amides is 2. The van der Waals surface area contributed by atoms with E-state index in [1.54, 1.807) is 18.3 Å². The molecular weight excluding hydrogens is 386 g/mol. The SMILES string of the molecule is CC1Oc2ccc(NC(=O)Cc3cccs3)cc2N(CCN2CCCCC2)C1=O.